The molecule has 0 unspecified atom stereocenters. The van der Waals surface area contributed by atoms with E-state index in [1.165, 1.54) is 11.4 Å². The van der Waals surface area contributed by atoms with E-state index in [4.69, 9.17) is 9.84 Å². The molecule has 2 rings (SSSR count). The highest BCUT2D eigenvalue weighted by Crippen LogP contribution is 2.22. The maximum atomic E-state index is 12.2. The number of sulfonamides is 1. The lowest BCUT2D eigenvalue weighted by atomic mass is 10.1. The Morgan fingerprint density at radius 2 is 2.36 bits per heavy atom. The van der Waals surface area contributed by atoms with Crippen LogP contribution in [0.4, 0.5) is 0 Å². The van der Waals surface area contributed by atoms with E-state index in [9.17, 15) is 13.2 Å². The molecule has 1 fully saturated rings. The van der Waals surface area contributed by atoms with Crippen molar-refractivity contribution in [3.05, 3.63) is 16.3 Å². The third kappa shape index (κ3) is 4.26. The van der Waals surface area contributed by atoms with Gasteiger partial charge in [0.25, 0.3) is 0 Å². The van der Waals surface area contributed by atoms with Gasteiger partial charge in [-0.15, -0.1) is 11.3 Å². The Kier molecular flexibility index (Phi) is 5.93. The summed E-state index contributed by atoms with van der Waals surface area (Å²) in [6.45, 7) is 3.57. The Bertz CT molecular complexity index is 614. The summed E-state index contributed by atoms with van der Waals surface area (Å²) in [6, 6.07) is 1.33. The average molecular weight is 348 g/mol. The third-order valence-corrected chi connectivity index (χ3v) is 6.15. The van der Waals surface area contributed by atoms with E-state index in [1.807, 2.05) is 0 Å². The first-order valence-corrected chi connectivity index (χ1v) is 9.32. The van der Waals surface area contributed by atoms with Crippen molar-refractivity contribution in [2.24, 2.45) is 5.92 Å². The molecule has 1 aliphatic heterocycles. The zero-order chi connectivity index (χ0) is 16.2. The summed E-state index contributed by atoms with van der Waals surface area (Å²) in [5.74, 6) is -0.986. The summed E-state index contributed by atoms with van der Waals surface area (Å²) in [5.41, 5.74) is 0. The van der Waals surface area contributed by atoms with Gasteiger partial charge in [-0.3, -0.25) is 0 Å². The first-order chi connectivity index (χ1) is 10.4. The van der Waals surface area contributed by atoms with Gasteiger partial charge in [-0.1, -0.05) is 0 Å². The molecule has 22 heavy (non-hydrogen) atoms. The minimum absolute atomic E-state index is 0.152. The summed E-state index contributed by atoms with van der Waals surface area (Å²) >= 11 is 0.911. The van der Waals surface area contributed by atoms with Gasteiger partial charge in [0.15, 0.2) is 0 Å². The number of thiophene rings is 1. The summed E-state index contributed by atoms with van der Waals surface area (Å²) in [7, 11) is -2.12. The third-order valence-electron chi connectivity index (χ3n) is 3.66. The van der Waals surface area contributed by atoms with Crippen LogP contribution in [0, 0.1) is 5.92 Å². The number of carbonyl (C=O) groups is 1. The second kappa shape index (κ2) is 7.51. The van der Waals surface area contributed by atoms with Crippen LogP contribution >= 0.6 is 11.3 Å². The molecule has 0 aromatic carbocycles. The monoisotopic (exact) mass is 348 g/mol. The van der Waals surface area contributed by atoms with Crippen LogP contribution in [0.25, 0.3) is 0 Å². The number of hydrogen-bond acceptors (Lipinski definition) is 6. The second-order valence-corrected chi connectivity index (χ2v) is 7.87. The molecule has 1 aromatic heterocycles. The zero-order valence-corrected chi connectivity index (χ0v) is 14.0. The maximum absolute atomic E-state index is 12.2. The summed E-state index contributed by atoms with van der Waals surface area (Å²) in [5, 5.41) is 10.5. The lowest BCUT2D eigenvalue weighted by Crippen LogP contribution is -2.32. The van der Waals surface area contributed by atoms with Gasteiger partial charge in [0.1, 0.15) is 9.77 Å². The Hall–Kier alpha value is -1.00. The Morgan fingerprint density at radius 1 is 1.59 bits per heavy atom. The summed E-state index contributed by atoms with van der Waals surface area (Å²) < 4.78 is 32.0. The molecule has 2 heterocycles. The normalized spacial score (nSPS) is 19.6. The van der Waals surface area contributed by atoms with Crippen LogP contribution in [0.15, 0.2) is 16.3 Å². The summed E-state index contributed by atoms with van der Waals surface area (Å²) in [6.07, 6.45) is 0.918. The first-order valence-electron chi connectivity index (χ1n) is 6.96. The van der Waals surface area contributed by atoms with Crippen molar-refractivity contribution in [3.63, 3.8) is 0 Å². The quantitative estimate of drug-likeness (QED) is 0.718. The molecule has 9 heteroatoms. The topological polar surface area (TPSA) is 95.9 Å². The van der Waals surface area contributed by atoms with Crippen LogP contribution in [0.2, 0.25) is 0 Å². The van der Waals surface area contributed by atoms with Crippen molar-refractivity contribution in [3.8, 4) is 0 Å². The molecule has 1 atom stereocenters. The average Bonchev–Trinajstić information content (AvgIpc) is 3.12. The molecule has 1 aliphatic rings. The molecule has 124 valence electrons. The molecule has 7 nitrogen and oxygen atoms in total. The fraction of sp³-hybridized carbons (Fsp3) is 0.615. The van der Waals surface area contributed by atoms with E-state index in [1.54, 1.807) is 7.11 Å². The van der Waals surface area contributed by atoms with Gasteiger partial charge in [0.2, 0.25) is 10.0 Å². The zero-order valence-electron chi connectivity index (χ0n) is 12.3. The van der Waals surface area contributed by atoms with Crippen LogP contribution in [0.5, 0.6) is 0 Å². The van der Waals surface area contributed by atoms with Crippen molar-refractivity contribution in [2.75, 3.05) is 39.9 Å². The lowest BCUT2D eigenvalue weighted by Gasteiger charge is -2.15. The molecule has 1 saturated heterocycles. The lowest BCUT2D eigenvalue weighted by molar-refractivity contribution is 0.0698. The van der Waals surface area contributed by atoms with E-state index >= 15 is 0 Å². The number of carboxylic acid groups (broad SMARTS) is 1. The minimum atomic E-state index is -3.78. The van der Waals surface area contributed by atoms with E-state index < -0.39 is 16.0 Å². The number of nitrogens with one attached hydrogen (secondary N) is 1. The molecule has 1 aromatic rings. The van der Waals surface area contributed by atoms with Gasteiger partial charge in [-0.25, -0.2) is 17.9 Å². The number of rotatable bonds is 8. The predicted octanol–water partition coefficient (Wildman–Crippen LogP) is 0.693. The molecule has 0 spiro atoms. The van der Waals surface area contributed by atoms with E-state index in [0.29, 0.717) is 13.2 Å². The Morgan fingerprint density at radius 3 is 3.05 bits per heavy atom. The van der Waals surface area contributed by atoms with Crippen molar-refractivity contribution in [1.82, 2.24) is 9.62 Å². The maximum Gasteiger partial charge on any atom is 0.347 e. The number of nitrogens with zero attached hydrogens (tertiary/aromatic N) is 1. The van der Waals surface area contributed by atoms with Crippen molar-refractivity contribution in [2.45, 2.75) is 11.3 Å². The van der Waals surface area contributed by atoms with Crippen molar-refractivity contribution in [1.29, 1.82) is 0 Å². The smallest absolute Gasteiger partial charge is 0.347 e. The highest BCUT2D eigenvalue weighted by atomic mass is 32.2. The van der Waals surface area contributed by atoms with Crippen molar-refractivity contribution < 1.29 is 23.1 Å². The van der Waals surface area contributed by atoms with Crippen molar-refractivity contribution >= 4 is 27.3 Å². The van der Waals surface area contributed by atoms with Gasteiger partial charge >= 0.3 is 5.97 Å². The molecule has 0 saturated carbocycles. The van der Waals surface area contributed by atoms with E-state index in [-0.39, 0.29) is 15.7 Å². The van der Waals surface area contributed by atoms with Crippen LogP contribution in [0.1, 0.15) is 16.1 Å². The Labute approximate surface area is 133 Å². The summed E-state index contributed by atoms with van der Waals surface area (Å²) in [4.78, 5) is 13.0. The second-order valence-electron chi connectivity index (χ2n) is 5.22. The van der Waals surface area contributed by atoms with E-state index in [2.05, 4.69) is 9.62 Å². The molecule has 0 bridgehead atoms. The van der Waals surface area contributed by atoms with Gasteiger partial charge in [-0.2, -0.15) is 0 Å². The molecule has 2 N–H and O–H groups in total. The molecule has 0 aliphatic carbocycles. The molecular weight excluding hydrogens is 328 g/mol. The van der Waals surface area contributed by atoms with Crippen LogP contribution < -0.4 is 4.72 Å². The standard InChI is InChI=1S/C13H20N2O5S2/c1-20-6-5-15-4-2-10(9-15)8-14-22(18,19)11-3-7-21-12(11)13(16)17/h3,7,10,14H,2,4-6,8-9H2,1H3,(H,16,17)/t10-/m0/s1. The highest BCUT2D eigenvalue weighted by molar-refractivity contribution is 7.89. The number of likely N-dealkylation sites (tertiary alicyclic amines) is 1. The fourth-order valence-corrected chi connectivity index (χ4v) is 4.85. The fourth-order valence-electron chi connectivity index (χ4n) is 2.47. The molecular formula is C13H20N2O5S2. The number of methoxy groups -OCH3 is 1. The van der Waals surface area contributed by atoms with Gasteiger partial charge < -0.3 is 14.7 Å². The van der Waals surface area contributed by atoms with Gasteiger partial charge in [0, 0.05) is 26.7 Å². The van der Waals surface area contributed by atoms with Crippen LogP contribution in [-0.4, -0.2) is 64.3 Å². The molecule has 0 radical (unpaired) electrons. The SMILES string of the molecule is COCCN1CC[C@@H](CNS(=O)(=O)c2ccsc2C(=O)O)C1. The number of ether oxygens (including phenoxy) is 1. The number of hydrogen-bond donors (Lipinski definition) is 2. The van der Waals surface area contributed by atoms with Crippen LogP contribution in [-0.2, 0) is 14.8 Å². The number of carboxylic acids is 1. The van der Waals surface area contributed by atoms with E-state index in [0.717, 1.165) is 37.4 Å². The van der Waals surface area contributed by atoms with Gasteiger partial charge in [0.05, 0.1) is 6.61 Å². The molecule has 0 amide bonds. The predicted molar refractivity (Wildman–Crippen MR) is 82.9 cm³/mol. The Balaban J connectivity index is 1.91. The first kappa shape index (κ1) is 17.4. The minimum Gasteiger partial charge on any atom is -0.477 e. The van der Waals surface area contributed by atoms with Gasteiger partial charge in [-0.05, 0) is 30.3 Å². The van der Waals surface area contributed by atoms with Crippen LogP contribution in [0.3, 0.4) is 0 Å². The highest BCUT2D eigenvalue weighted by Gasteiger charge is 2.27. The number of aromatic carboxylic acids is 1. The largest absolute Gasteiger partial charge is 0.477 e.